The van der Waals surface area contributed by atoms with E-state index in [9.17, 15) is 4.79 Å². The molecular weight excluding hydrogens is 450 g/mol. The molecule has 0 fully saturated rings. The van der Waals surface area contributed by atoms with Gasteiger partial charge in [0.2, 0.25) is 5.95 Å². The molecule has 1 unspecified atom stereocenters. The first-order valence-corrected chi connectivity index (χ1v) is 11.1. The summed E-state index contributed by atoms with van der Waals surface area (Å²) in [5.74, 6) is 1.63. The average Bonchev–Trinajstić information content (AvgIpc) is 3.28. The van der Waals surface area contributed by atoms with Crippen LogP contribution in [-0.2, 0) is 4.79 Å². The predicted octanol–water partition coefficient (Wildman–Crippen LogP) is 5.53. The topological polar surface area (TPSA) is 81.1 Å². The van der Waals surface area contributed by atoms with E-state index in [4.69, 9.17) is 26.4 Å². The van der Waals surface area contributed by atoms with Crippen molar-refractivity contribution >= 4 is 29.1 Å². The van der Waals surface area contributed by atoms with Crippen molar-refractivity contribution in [3.63, 3.8) is 0 Å². The lowest BCUT2D eigenvalue weighted by Gasteiger charge is -2.28. The van der Waals surface area contributed by atoms with Gasteiger partial charge in [-0.15, -0.1) is 5.10 Å². The predicted molar refractivity (Wildman–Crippen MR) is 133 cm³/mol. The van der Waals surface area contributed by atoms with Gasteiger partial charge >= 0.3 is 0 Å². The Hall–Kier alpha value is -4.10. The van der Waals surface area contributed by atoms with Crippen molar-refractivity contribution in [2.24, 2.45) is 0 Å². The van der Waals surface area contributed by atoms with Gasteiger partial charge in [-0.25, -0.2) is 4.68 Å². The van der Waals surface area contributed by atoms with Crippen molar-refractivity contribution in [2.75, 3.05) is 17.7 Å². The van der Waals surface area contributed by atoms with Gasteiger partial charge in [-0.3, -0.25) is 4.79 Å². The number of para-hydroxylation sites is 1. The minimum absolute atomic E-state index is 0.219. The molecule has 1 aliphatic heterocycles. The Morgan fingerprint density at radius 1 is 1.03 bits per heavy atom. The second kappa shape index (κ2) is 9.03. The molecule has 8 heteroatoms. The molecule has 0 bridgehead atoms. The molecule has 0 aliphatic carbocycles. The van der Waals surface area contributed by atoms with Gasteiger partial charge in [0.1, 0.15) is 11.8 Å². The molecule has 34 heavy (non-hydrogen) atoms. The molecule has 1 atom stereocenters. The number of amides is 1. The molecule has 2 heterocycles. The molecule has 1 aliphatic rings. The highest BCUT2D eigenvalue weighted by Gasteiger charge is 2.34. The van der Waals surface area contributed by atoms with Crippen LogP contribution in [0.1, 0.15) is 18.5 Å². The normalized spacial score (nSPS) is 14.9. The van der Waals surface area contributed by atoms with Crippen LogP contribution in [0, 0.1) is 0 Å². The summed E-state index contributed by atoms with van der Waals surface area (Å²) < 4.78 is 7.00. The fraction of sp³-hybridized carbons (Fsp3) is 0.115. The Morgan fingerprint density at radius 3 is 2.41 bits per heavy atom. The van der Waals surface area contributed by atoms with Gasteiger partial charge in [0, 0.05) is 22.0 Å². The zero-order chi connectivity index (χ0) is 23.7. The number of carbonyl (C=O) groups excluding carboxylic acids is 1. The van der Waals surface area contributed by atoms with Crippen LogP contribution in [-0.4, -0.2) is 27.8 Å². The molecule has 4 aromatic rings. The first-order valence-electron chi connectivity index (χ1n) is 10.7. The Labute approximate surface area is 202 Å². The van der Waals surface area contributed by atoms with Gasteiger partial charge in [0.15, 0.2) is 5.82 Å². The average molecular weight is 472 g/mol. The number of nitrogens with zero attached hydrogens (tertiary/aromatic N) is 3. The molecule has 1 aromatic heterocycles. The van der Waals surface area contributed by atoms with E-state index >= 15 is 0 Å². The molecule has 0 saturated heterocycles. The number of allylic oxidation sites excluding steroid dienone is 1. The van der Waals surface area contributed by atoms with Crippen LogP contribution in [0.15, 0.2) is 90.1 Å². The summed E-state index contributed by atoms with van der Waals surface area (Å²) in [4.78, 5) is 18.2. The maximum Gasteiger partial charge on any atom is 0.255 e. The van der Waals surface area contributed by atoms with Crippen LogP contribution in [0.2, 0.25) is 5.02 Å². The summed E-state index contributed by atoms with van der Waals surface area (Å²) in [6, 6.07) is 23.8. The van der Waals surface area contributed by atoms with Crippen molar-refractivity contribution in [3.05, 3.63) is 101 Å². The molecule has 0 saturated carbocycles. The Morgan fingerprint density at radius 2 is 1.74 bits per heavy atom. The molecule has 0 spiro atoms. The molecule has 0 radical (unpaired) electrons. The number of aromatic nitrogens is 3. The highest BCUT2D eigenvalue weighted by Crippen LogP contribution is 2.37. The third-order valence-electron chi connectivity index (χ3n) is 5.66. The van der Waals surface area contributed by atoms with Crippen LogP contribution < -0.4 is 15.4 Å². The molecule has 170 valence electrons. The van der Waals surface area contributed by atoms with Gasteiger partial charge in [-0.2, -0.15) is 4.98 Å². The van der Waals surface area contributed by atoms with Crippen molar-refractivity contribution in [2.45, 2.75) is 13.0 Å². The minimum Gasteiger partial charge on any atom is -0.497 e. The monoisotopic (exact) mass is 471 g/mol. The summed E-state index contributed by atoms with van der Waals surface area (Å²) in [6.07, 6.45) is 0. The van der Waals surface area contributed by atoms with Crippen LogP contribution in [0.25, 0.3) is 11.4 Å². The fourth-order valence-electron chi connectivity index (χ4n) is 3.98. The number of fused-ring (bicyclic) bond motifs is 1. The number of halogens is 1. The van der Waals surface area contributed by atoms with Crippen molar-refractivity contribution < 1.29 is 9.53 Å². The SMILES string of the molecule is COc1ccc(-c2nc3n(n2)C(c2ccc(Cl)cc2)C(C(=O)Nc2ccccc2)=C(C)N3)cc1. The van der Waals surface area contributed by atoms with Crippen LogP contribution in [0.4, 0.5) is 11.6 Å². The van der Waals surface area contributed by atoms with Crippen molar-refractivity contribution in [1.29, 1.82) is 0 Å². The van der Waals surface area contributed by atoms with Crippen molar-refractivity contribution in [3.8, 4) is 17.1 Å². The van der Waals surface area contributed by atoms with Crippen LogP contribution in [0.5, 0.6) is 5.75 Å². The number of ether oxygens (including phenoxy) is 1. The Kier molecular flexibility index (Phi) is 5.77. The number of hydrogen-bond donors (Lipinski definition) is 2. The second-order valence-electron chi connectivity index (χ2n) is 7.87. The molecule has 3 aromatic carbocycles. The Balaban J connectivity index is 1.58. The van der Waals surface area contributed by atoms with E-state index in [1.807, 2.05) is 85.8 Å². The quantitative estimate of drug-likeness (QED) is 0.399. The van der Waals surface area contributed by atoms with Crippen molar-refractivity contribution in [1.82, 2.24) is 14.8 Å². The number of carbonyl (C=O) groups is 1. The van der Waals surface area contributed by atoms with Crippen LogP contribution in [0.3, 0.4) is 0 Å². The van der Waals surface area contributed by atoms with E-state index in [0.717, 1.165) is 16.9 Å². The third kappa shape index (κ3) is 4.13. The fourth-order valence-corrected chi connectivity index (χ4v) is 4.11. The number of anilines is 2. The van der Waals surface area contributed by atoms with Gasteiger partial charge in [-0.05, 0) is 61.0 Å². The standard InChI is InChI=1S/C26H22ClN5O2/c1-16-22(25(33)29-20-6-4-3-5-7-20)23(17-8-12-19(27)13-9-17)32-26(28-16)30-24(31-32)18-10-14-21(34-2)15-11-18/h3-15,23H,1-2H3,(H,29,33)(H,28,30,31). The lowest BCUT2D eigenvalue weighted by molar-refractivity contribution is -0.113. The number of hydrogen-bond acceptors (Lipinski definition) is 5. The van der Waals surface area contributed by atoms with Gasteiger partial charge in [-0.1, -0.05) is 41.9 Å². The Bertz CT molecular complexity index is 1360. The molecule has 1 amide bonds. The molecule has 7 nitrogen and oxygen atoms in total. The van der Waals surface area contributed by atoms with E-state index in [-0.39, 0.29) is 5.91 Å². The van der Waals surface area contributed by atoms with E-state index in [1.54, 1.807) is 11.8 Å². The maximum absolute atomic E-state index is 13.5. The summed E-state index contributed by atoms with van der Waals surface area (Å²) in [7, 11) is 1.62. The number of methoxy groups -OCH3 is 1. The summed E-state index contributed by atoms with van der Waals surface area (Å²) in [5.41, 5.74) is 3.67. The number of rotatable bonds is 5. The first-order chi connectivity index (χ1) is 16.5. The smallest absolute Gasteiger partial charge is 0.255 e. The molecule has 2 N–H and O–H groups in total. The number of nitrogens with one attached hydrogen (secondary N) is 2. The molecule has 5 rings (SSSR count). The highest BCUT2D eigenvalue weighted by atomic mass is 35.5. The minimum atomic E-state index is -0.489. The largest absolute Gasteiger partial charge is 0.497 e. The summed E-state index contributed by atoms with van der Waals surface area (Å²) in [5, 5.41) is 11.7. The lowest BCUT2D eigenvalue weighted by Crippen LogP contribution is -2.31. The van der Waals surface area contributed by atoms with Gasteiger partial charge < -0.3 is 15.4 Å². The summed E-state index contributed by atoms with van der Waals surface area (Å²) in [6.45, 7) is 1.87. The zero-order valence-electron chi connectivity index (χ0n) is 18.6. The maximum atomic E-state index is 13.5. The second-order valence-corrected chi connectivity index (χ2v) is 8.31. The van der Waals surface area contributed by atoms with Gasteiger partial charge in [0.05, 0.1) is 12.7 Å². The zero-order valence-corrected chi connectivity index (χ0v) is 19.4. The molecular formula is C26H22ClN5O2. The van der Waals surface area contributed by atoms with E-state index in [2.05, 4.69) is 10.6 Å². The number of benzene rings is 3. The first kappa shape index (κ1) is 21.7. The van der Waals surface area contributed by atoms with E-state index < -0.39 is 6.04 Å². The lowest BCUT2D eigenvalue weighted by atomic mass is 9.95. The van der Waals surface area contributed by atoms with Gasteiger partial charge in [0.25, 0.3) is 5.91 Å². The summed E-state index contributed by atoms with van der Waals surface area (Å²) >= 11 is 6.15. The van der Waals surface area contributed by atoms with E-state index in [1.165, 1.54) is 0 Å². The van der Waals surface area contributed by atoms with E-state index in [0.29, 0.717) is 33.8 Å². The van der Waals surface area contributed by atoms with Crippen LogP contribution >= 0.6 is 11.6 Å². The highest BCUT2D eigenvalue weighted by molar-refractivity contribution is 6.30. The third-order valence-corrected chi connectivity index (χ3v) is 5.91.